The van der Waals surface area contributed by atoms with E-state index in [0.29, 0.717) is 11.8 Å². The lowest BCUT2D eigenvalue weighted by Gasteiger charge is -2.39. The zero-order chi connectivity index (χ0) is 22.7. The van der Waals surface area contributed by atoms with Crippen LogP contribution in [0.25, 0.3) is 5.52 Å². The molecule has 3 aromatic rings. The molecule has 2 saturated carbocycles. The minimum Gasteiger partial charge on any atom is -0.383 e. The van der Waals surface area contributed by atoms with E-state index in [1.54, 1.807) is 0 Å². The second-order valence-corrected chi connectivity index (χ2v) is 11.0. The van der Waals surface area contributed by atoms with Gasteiger partial charge in [-0.05, 0) is 72.2 Å². The van der Waals surface area contributed by atoms with Gasteiger partial charge >= 0.3 is 0 Å². The number of hydrogen-bond acceptors (Lipinski definition) is 4. The van der Waals surface area contributed by atoms with Crippen LogP contribution >= 0.6 is 15.9 Å². The Balaban J connectivity index is 1.60. The Bertz CT molecular complexity index is 1200. The maximum Gasteiger partial charge on any atom is 0.135 e. The largest absolute Gasteiger partial charge is 0.383 e. The SMILES string of the molecule is CC1(N)CCC(Nc2c(/C(N)=N/c3ccccc3C3CC3)cnn3cc(Br)cc23)C1(C)C. The summed E-state index contributed by atoms with van der Waals surface area (Å²) >= 11 is 3.59. The molecular weight excluding hydrogens is 464 g/mol. The third-order valence-electron chi connectivity index (χ3n) is 7.69. The molecule has 2 atom stereocenters. The number of rotatable bonds is 5. The molecule has 2 aromatic heterocycles. The Hall–Kier alpha value is -2.38. The number of halogens is 1. The van der Waals surface area contributed by atoms with Crippen LogP contribution in [0.3, 0.4) is 0 Å². The number of para-hydroxylation sites is 1. The molecule has 2 fully saturated rings. The number of fused-ring (bicyclic) bond motifs is 1. The fourth-order valence-corrected chi connectivity index (χ4v) is 5.25. The first-order valence-corrected chi connectivity index (χ1v) is 12.1. The van der Waals surface area contributed by atoms with Gasteiger partial charge < -0.3 is 16.8 Å². The number of aromatic nitrogens is 2. The molecule has 2 aliphatic rings. The summed E-state index contributed by atoms with van der Waals surface area (Å²) in [4.78, 5) is 4.87. The molecule has 168 valence electrons. The first kappa shape index (κ1) is 21.5. The lowest BCUT2D eigenvalue weighted by atomic mass is 9.75. The van der Waals surface area contributed by atoms with E-state index in [0.717, 1.165) is 39.8 Å². The van der Waals surface area contributed by atoms with Crippen molar-refractivity contribution in [2.45, 2.75) is 64.0 Å². The van der Waals surface area contributed by atoms with Gasteiger partial charge in [0.15, 0.2) is 0 Å². The summed E-state index contributed by atoms with van der Waals surface area (Å²) in [6.07, 6.45) is 8.17. The predicted octanol–water partition coefficient (Wildman–Crippen LogP) is 5.33. The molecule has 2 aliphatic carbocycles. The first-order chi connectivity index (χ1) is 15.2. The highest BCUT2D eigenvalue weighted by molar-refractivity contribution is 9.10. The lowest BCUT2D eigenvalue weighted by Crippen LogP contribution is -2.51. The van der Waals surface area contributed by atoms with Crippen LogP contribution in [0.1, 0.15) is 63.5 Å². The summed E-state index contributed by atoms with van der Waals surface area (Å²) in [7, 11) is 0. The fraction of sp³-hybridized carbons (Fsp3) is 0.440. The smallest absolute Gasteiger partial charge is 0.135 e. The number of hydrogen-bond donors (Lipinski definition) is 3. The molecule has 5 N–H and O–H groups in total. The quantitative estimate of drug-likeness (QED) is 0.330. The maximum atomic E-state index is 6.65. The Labute approximate surface area is 197 Å². The Morgan fingerprint density at radius 2 is 1.97 bits per heavy atom. The Morgan fingerprint density at radius 3 is 2.66 bits per heavy atom. The maximum absolute atomic E-state index is 6.65. The van der Waals surface area contributed by atoms with E-state index in [2.05, 4.69) is 65.3 Å². The van der Waals surface area contributed by atoms with Gasteiger partial charge in [0, 0.05) is 27.7 Å². The van der Waals surface area contributed by atoms with Crippen LogP contribution in [0, 0.1) is 5.41 Å². The number of anilines is 1. The van der Waals surface area contributed by atoms with Crippen molar-refractivity contribution in [2.75, 3.05) is 5.32 Å². The molecule has 0 spiro atoms. The van der Waals surface area contributed by atoms with Crippen LogP contribution in [0.5, 0.6) is 0 Å². The average Bonchev–Trinajstić information content (AvgIpc) is 3.47. The van der Waals surface area contributed by atoms with Crippen LogP contribution in [0.2, 0.25) is 0 Å². The molecule has 0 bridgehead atoms. The van der Waals surface area contributed by atoms with Crippen molar-refractivity contribution in [1.29, 1.82) is 0 Å². The summed E-state index contributed by atoms with van der Waals surface area (Å²) in [6.45, 7) is 6.64. The van der Waals surface area contributed by atoms with Crippen LogP contribution < -0.4 is 16.8 Å². The highest BCUT2D eigenvalue weighted by Gasteiger charge is 2.49. The average molecular weight is 495 g/mol. The van der Waals surface area contributed by atoms with Crippen molar-refractivity contribution in [2.24, 2.45) is 21.9 Å². The van der Waals surface area contributed by atoms with Gasteiger partial charge in [-0.25, -0.2) is 9.51 Å². The van der Waals surface area contributed by atoms with Crippen molar-refractivity contribution in [3.8, 4) is 0 Å². The third kappa shape index (κ3) is 3.61. The summed E-state index contributed by atoms with van der Waals surface area (Å²) in [6, 6.07) is 10.6. The van der Waals surface area contributed by atoms with E-state index in [1.807, 2.05) is 29.0 Å². The number of nitrogens with one attached hydrogen (secondary N) is 1. The molecule has 1 aromatic carbocycles. The van der Waals surface area contributed by atoms with Gasteiger partial charge in [-0.2, -0.15) is 5.10 Å². The fourth-order valence-electron chi connectivity index (χ4n) is 4.84. The molecule has 7 heteroatoms. The second-order valence-electron chi connectivity index (χ2n) is 10.1. The standard InChI is InChI=1S/C25H31BrN6/c1-24(2)21(10-11-25(24,3)28)31-22-18(13-29-32-14-16(26)12-20(22)32)23(27)30-19-7-5-4-6-17(19)15-8-9-15/h4-7,12-15,21,31H,8-11,28H2,1-3H3,(H2,27,30). The number of aliphatic imine (C=N–C) groups is 1. The summed E-state index contributed by atoms with van der Waals surface area (Å²) < 4.78 is 2.83. The van der Waals surface area contributed by atoms with E-state index >= 15 is 0 Å². The molecule has 2 heterocycles. The van der Waals surface area contributed by atoms with Crippen molar-refractivity contribution in [3.05, 3.63) is 58.3 Å². The molecule has 0 radical (unpaired) electrons. The van der Waals surface area contributed by atoms with E-state index in [-0.39, 0.29) is 17.0 Å². The number of nitrogens with zero attached hydrogens (tertiary/aromatic N) is 3. The van der Waals surface area contributed by atoms with Crippen molar-refractivity contribution in [3.63, 3.8) is 0 Å². The summed E-state index contributed by atoms with van der Waals surface area (Å²) in [5, 5.41) is 8.40. The minimum absolute atomic E-state index is 0.0845. The van der Waals surface area contributed by atoms with Crippen molar-refractivity contribution in [1.82, 2.24) is 9.61 Å². The zero-order valence-electron chi connectivity index (χ0n) is 18.9. The normalized spacial score (nSPS) is 25.4. The number of amidine groups is 1. The molecular formula is C25H31BrN6. The monoisotopic (exact) mass is 494 g/mol. The molecule has 0 amide bonds. The zero-order valence-corrected chi connectivity index (χ0v) is 20.5. The summed E-state index contributed by atoms with van der Waals surface area (Å²) in [5.74, 6) is 1.07. The Morgan fingerprint density at radius 1 is 1.22 bits per heavy atom. The highest BCUT2D eigenvalue weighted by atomic mass is 79.9. The molecule has 2 unspecified atom stereocenters. The lowest BCUT2D eigenvalue weighted by molar-refractivity contribution is 0.215. The topological polar surface area (TPSA) is 93.7 Å². The van der Waals surface area contributed by atoms with E-state index in [4.69, 9.17) is 16.5 Å². The molecule has 6 nitrogen and oxygen atoms in total. The van der Waals surface area contributed by atoms with Crippen LogP contribution in [-0.2, 0) is 0 Å². The van der Waals surface area contributed by atoms with Gasteiger partial charge in [-0.1, -0.05) is 32.0 Å². The minimum atomic E-state index is -0.237. The number of benzene rings is 1. The second kappa shape index (κ2) is 7.59. The van der Waals surface area contributed by atoms with E-state index in [1.165, 1.54) is 18.4 Å². The molecule has 0 aliphatic heterocycles. The Kier molecular flexibility index (Phi) is 5.09. The third-order valence-corrected chi connectivity index (χ3v) is 8.12. The van der Waals surface area contributed by atoms with Gasteiger partial charge in [-0.3, -0.25) is 0 Å². The first-order valence-electron chi connectivity index (χ1n) is 11.3. The summed E-state index contributed by atoms with van der Waals surface area (Å²) in [5.41, 5.74) is 17.9. The van der Waals surface area contributed by atoms with Crippen molar-refractivity contribution < 1.29 is 0 Å². The molecule has 32 heavy (non-hydrogen) atoms. The van der Waals surface area contributed by atoms with Crippen molar-refractivity contribution >= 4 is 38.7 Å². The van der Waals surface area contributed by atoms with Crippen LogP contribution in [-0.4, -0.2) is 27.0 Å². The number of nitrogens with two attached hydrogens (primary N) is 2. The molecule has 5 rings (SSSR count). The van der Waals surface area contributed by atoms with Gasteiger partial charge in [0.2, 0.25) is 0 Å². The van der Waals surface area contributed by atoms with Crippen LogP contribution in [0.4, 0.5) is 11.4 Å². The highest BCUT2D eigenvalue weighted by Crippen LogP contribution is 2.46. The van der Waals surface area contributed by atoms with Gasteiger partial charge in [0.25, 0.3) is 0 Å². The van der Waals surface area contributed by atoms with Gasteiger partial charge in [-0.15, -0.1) is 0 Å². The predicted molar refractivity (Wildman–Crippen MR) is 135 cm³/mol. The van der Waals surface area contributed by atoms with Gasteiger partial charge in [0.1, 0.15) is 5.84 Å². The van der Waals surface area contributed by atoms with Gasteiger partial charge in [0.05, 0.1) is 28.7 Å². The van der Waals surface area contributed by atoms with E-state index in [9.17, 15) is 0 Å². The molecule has 0 saturated heterocycles. The van der Waals surface area contributed by atoms with E-state index < -0.39 is 0 Å². The van der Waals surface area contributed by atoms with Crippen LogP contribution in [0.15, 0.2) is 52.2 Å².